The van der Waals surface area contributed by atoms with Gasteiger partial charge in [0.25, 0.3) is 5.91 Å². The number of anilines is 2. The van der Waals surface area contributed by atoms with E-state index in [1.807, 2.05) is 13.8 Å². The molecule has 7 nitrogen and oxygen atoms in total. The Kier molecular flexibility index (Phi) is 8.02. The number of amides is 2. The molecule has 2 amide bonds. The van der Waals surface area contributed by atoms with Crippen LogP contribution >= 0.6 is 11.3 Å². The van der Waals surface area contributed by atoms with Gasteiger partial charge in [-0.1, -0.05) is 19.1 Å². The van der Waals surface area contributed by atoms with Crippen LogP contribution in [0.25, 0.3) is 10.4 Å². The number of hydrogen-bond acceptors (Lipinski definition) is 5. The Morgan fingerprint density at radius 1 is 1.08 bits per heavy atom. The van der Waals surface area contributed by atoms with Crippen molar-refractivity contribution >= 4 is 40.5 Å². The van der Waals surface area contributed by atoms with Crippen LogP contribution in [-0.4, -0.2) is 33.9 Å². The van der Waals surface area contributed by atoms with Gasteiger partial charge < -0.3 is 15.3 Å². The van der Waals surface area contributed by atoms with Crippen LogP contribution in [-0.2, 0) is 4.79 Å². The Hall–Kier alpha value is -3.59. The van der Waals surface area contributed by atoms with Gasteiger partial charge in [-0.25, -0.2) is 9.18 Å². The van der Waals surface area contributed by atoms with Crippen molar-refractivity contribution in [1.29, 1.82) is 0 Å². The Morgan fingerprint density at radius 3 is 2.35 bits per heavy atom. The number of pyridine rings is 1. The lowest BCUT2D eigenvalue weighted by atomic mass is 9.82. The van der Waals surface area contributed by atoms with E-state index in [0.29, 0.717) is 22.2 Å². The lowest BCUT2D eigenvalue weighted by molar-refractivity contribution is -0.123. The molecule has 194 valence electrons. The second-order valence-electron chi connectivity index (χ2n) is 9.81. The van der Waals surface area contributed by atoms with Crippen LogP contribution in [0.3, 0.4) is 0 Å². The summed E-state index contributed by atoms with van der Waals surface area (Å²) in [5.41, 5.74) is 1.77. The standard InChI is InChI=1S/C28H30FN3O4S/c1-16(2)32(27(34)19-6-4-17(3)5-7-19)23-13-24(37-25(23)28(35)36)18-8-10-22(11-9-18)31-26(33)20-12-21(29)15-30-14-20/h8-17,19H,4-7H2,1-3H3,(H,31,33)(H,35,36). The van der Waals surface area contributed by atoms with Crippen LogP contribution in [0, 0.1) is 17.7 Å². The number of nitrogens with one attached hydrogen (secondary N) is 1. The number of aromatic carboxylic acids is 1. The van der Waals surface area contributed by atoms with Crippen molar-refractivity contribution in [3.8, 4) is 10.4 Å². The van der Waals surface area contributed by atoms with E-state index >= 15 is 0 Å². The molecule has 9 heteroatoms. The monoisotopic (exact) mass is 523 g/mol. The van der Waals surface area contributed by atoms with Crippen molar-refractivity contribution in [1.82, 2.24) is 4.98 Å². The number of aromatic nitrogens is 1. The van der Waals surface area contributed by atoms with E-state index in [1.54, 1.807) is 35.2 Å². The van der Waals surface area contributed by atoms with Gasteiger partial charge in [0.2, 0.25) is 5.91 Å². The maximum atomic E-state index is 13.5. The minimum Gasteiger partial charge on any atom is -0.477 e. The second-order valence-corrected chi connectivity index (χ2v) is 10.9. The van der Waals surface area contributed by atoms with Crippen molar-refractivity contribution < 1.29 is 23.9 Å². The summed E-state index contributed by atoms with van der Waals surface area (Å²) in [4.78, 5) is 44.2. The molecule has 2 aromatic heterocycles. The third-order valence-corrected chi connectivity index (χ3v) is 7.84. The van der Waals surface area contributed by atoms with Gasteiger partial charge in [0.05, 0.1) is 17.4 Å². The summed E-state index contributed by atoms with van der Waals surface area (Å²) in [6, 6.07) is 9.59. The van der Waals surface area contributed by atoms with Gasteiger partial charge in [-0.05, 0) is 75.3 Å². The molecule has 4 rings (SSSR count). The van der Waals surface area contributed by atoms with Crippen molar-refractivity contribution in [3.63, 3.8) is 0 Å². The van der Waals surface area contributed by atoms with E-state index < -0.39 is 17.7 Å². The third-order valence-electron chi connectivity index (χ3n) is 6.68. The smallest absolute Gasteiger partial charge is 0.348 e. The van der Waals surface area contributed by atoms with Crippen molar-refractivity contribution in [3.05, 3.63) is 65.0 Å². The number of halogens is 1. The minimum atomic E-state index is -1.07. The summed E-state index contributed by atoms with van der Waals surface area (Å²) < 4.78 is 13.4. The van der Waals surface area contributed by atoms with Gasteiger partial charge in [-0.2, -0.15) is 0 Å². The van der Waals surface area contributed by atoms with Crippen LogP contribution < -0.4 is 10.2 Å². The predicted octanol–water partition coefficient (Wildman–Crippen LogP) is 6.47. The molecule has 37 heavy (non-hydrogen) atoms. The van der Waals surface area contributed by atoms with Crippen LogP contribution in [0.2, 0.25) is 0 Å². The summed E-state index contributed by atoms with van der Waals surface area (Å²) in [7, 11) is 0. The first kappa shape index (κ1) is 26.5. The highest BCUT2D eigenvalue weighted by Gasteiger charge is 2.33. The second kappa shape index (κ2) is 11.2. The number of carboxylic acid groups (broad SMARTS) is 1. The highest BCUT2D eigenvalue weighted by atomic mass is 32.1. The number of carbonyl (C=O) groups is 3. The quantitative estimate of drug-likeness (QED) is 0.370. The average molecular weight is 524 g/mol. The van der Waals surface area contributed by atoms with E-state index in [-0.39, 0.29) is 28.3 Å². The molecule has 1 aliphatic carbocycles. The van der Waals surface area contributed by atoms with E-state index in [1.165, 1.54) is 6.20 Å². The summed E-state index contributed by atoms with van der Waals surface area (Å²) >= 11 is 1.12. The number of thiophene rings is 1. The highest BCUT2D eigenvalue weighted by Crippen LogP contribution is 2.40. The Balaban J connectivity index is 1.58. The van der Waals surface area contributed by atoms with Gasteiger partial charge in [-0.15, -0.1) is 11.3 Å². The van der Waals surface area contributed by atoms with Crippen LogP contribution in [0.5, 0.6) is 0 Å². The number of benzene rings is 1. The molecule has 0 saturated heterocycles. The lowest BCUT2D eigenvalue weighted by Crippen LogP contribution is -2.42. The molecule has 0 atom stereocenters. The number of hydrogen-bond donors (Lipinski definition) is 2. The Bertz CT molecular complexity index is 1300. The molecule has 1 aromatic carbocycles. The highest BCUT2D eigenvalue weighted by molar-refractivity contribution is 7.18. The number of rotatable bonds is 7. The average Bonchev–Trinajstić information content (AvgIpc) is 3.30. The van der Waals surface area contributed by atoms with Crippen LogP contribution in [0.15, 0.2) is 48.8 Å². The summed E-state index contributed by atoms with van der Waals surface area (Å²) in [5, 5.41) is 12.6. The fourth-order valence-electron chi connectivity index (χ4n) is 4.67. The Morgan fingerprint density at radius 2 is 1.76 bits per heavy atom. The maximum Gasteiger partial charge on any atom is 0.348 e. The largest absolute Gasteiger partial charge is 0.477 e. The fraction of sp³-hybridized carbons (Fsp3) is 0.357. The molecular formula is C28H30FN3O4S. The molecule has 2 heterocycles. The van der Waals surface area contributed by atoms with Crippen molar-refractivity contribution in [2.75, 3.05) is 10.2 Å². The zero-order valence-corrected chi connectivity index (χ0v) is 21.8. The summed E-state index contributed by atoms with van der Waals surface area (Å²) in [6.07, 6.45) is 5.95. The van der Waals surface area contributed by atoms with Crippen LogP contribution in [0.1, 0.15) is 66.5 Å². The first-order chi connectivity index (χ1) is 17.6. The van der Waals surface area contributed by atoms with Gasteiger partial charge in [-0.3, -0.25) is 14.6 Å². The first-order valence-electron chi connectivity index (χ1n) is 12.4. The molecular weight excluding hydrogens is 493 g/mol. The molecule has 1 saturated carbocycles. The predicted molar refractivity (Wildman–Crippen MR) is 143 cm³/mol. The SMILES string of the molecule is CC1CCC(C(=O)N(c2cc(-c3ccc(NC(=O)c4cncc(F)c4)cc3)sc2C(=O)O)C(C)C)CC1. The van der Waals surface area contributed by atoms with Gasteiger partial charge in [0.1, 0.15) is 10.7 Å². The third kappa shape index (κ3) is 6.05. The van der Waals surface area contributed by atoms with E-state index in [2.05, 4.69) is 17.2 Å². The van der Waals surface area contributed by atoms with E-state index in [0.717, 1.165) is 54.8 Å². The van der Waals surface area contributed by atoms with Crippen LogP contribution in [0.4, 0.5) is 15.8 Å². The van der Waals surface area contributed by atoms with E-state index in [4.69, 9.17) is 0 Å². The molecule has 1 fully saturated rings. The maximum absolute atomic E-state index is 13.5. The molecule has 0 spiro atoms. The minimum absolute atomic E-state index is 0.0151. The molecule has 0 aliphatic heterocycles. The van der Waals surface area contributed by atoms with Crippen molar-refractivity contribution in [2.45, 2.75) is 52.5 Å². The first-order valence-corrected chi connectivity index (χ1v) is 13.2. The fourth-order valence-corrected chi connectivity index (χ4v) is 5.66. The number of carbonyl (C=O) groups excluding carboxylic acids is 2. The van der Waals surface area contributed by atoms with Gasteiger partial charge in [0, 0.05) is 28.7 Å². The topological polar surface area (TPSA) is 99.6 Å². The normalized spacial score (nSPS) is 17.4. The van der Waals surface area contributed by atoms with E-state index in [9.17, 15) is 23.9 Å². The molecule has 0 bridgehead atoms. The Labute approximate surface area is 219 Å². The van der Waals surface area contributed by atoms with Crippen molar-refractivity contribution in [2.24, 2.45) is 11.8 Å². The molecule has 0 radical (unpaired) electrons. The number of carboxylic acids is 1. The zero-order chi connectivity index (χ0) is 26.7. The molecule has 1 aliphatic rings. The molecule has 2 N–H and O–H groups in total. The van der Waals surface area contributed by atoms with Gasteiger partial charge in [0.15, 0.2) is 0 Å². The molecule has 3 aromatic rings. The summed E-state index contributed by atoms with van der Waals surface area (Å²) in [6.45, 7) is 6.00. The van der Waals surface area contributed by atoms with Gasteiger partial charge >= 0.3 is 5.97 Å². The lowest BCUT2D eigenvalue weighted by Gasteiger charge is -2.33. The molecule has 0 unspecified atom stereocenters. The number of nitrogens with zero attached hydrogens (tertiary/aromatic N) is 2. The zero-order valence-electron chi connectivity index (χ0n) is 21.0. The summed E-state index contributed by atoms with van der Waals surface area (Å²) in [5.74, 6) is -1.67.